The molecule has 2 N–H and O–H groups in total. The molecule has 3 rings (SSSR count). The van der Waals surface area contributed by atoms with Crippen molar-refractivity contribution in [3.63, 3.8) is 0 Å². The lowest BCUT2D eigenvalue weighted by Crippen LogP contribution is -2.42. The summed E-state index contributed by atoms with van der Waals surface area (Å²) in [7, 11) is 1.21. The smallest absolute Gasteiger partial charge is 0.417 e. The zero-order valence-electron chi connectivity index (χ0n) is 16.3. The van der Waals surface area contributed by atoms with Crippen molar-refractivity contribution < 1.29 is 27.5 Å². The average Bonchev–Trinajstić information content (AvgIpc) is 3.14. The van der Waals surface area contributed by atoms with E-state index in [1.54, 1.807) is 6.20 Å². The number of amides is 1. The predicted octanol–water partition coefficient (Wildman–Crippen LogP) is 4.75. The van der Waals surface area contributed by atoms with Crippen molar-refractivity contribution in [1.82, 2.24) is 10.3 Å². The molecule has 0 bridgehead atoms. The van der Waals surface area contributed by atoms with Gasteiger partial charge >= 0.3 is 12.1 Å². The number of benzene rings is 2. The average molecular weight is 451 g/mol. The Morgan fingerprint density at radius 2 is 1.97 bits per heavy atom. The van der Waals surface area contributed by atoms with Crippen molar-refractivity contribution in [1.29, 1.82) is 0 Å². The lowest BCUT2D eigenvalue weighted by Gasteiger charge is -2.15. The number of aromatic amines is 1. The summed E-state index contributed by atoms with van der Waals surface area (Å²) in [6.07, 6.45) is -0.432. The Labute approximate surface area is 180 Å². The minimum absolute atomic E-state index is 0.137. The van der Waals surface area contributed by atoms with Crippen molar-refractivity contribution >= 4 is 40.5 Å². The first kappa shape index (κ1) is 22.4. The van der Waals surface area contributed by atoms with E-state index in [1.165, 1.54) is 19.3 Å². The van der Waals surface area contributed by atoms with E-state index < -0.39 is 34.7 Å². The number of hydrogen-bond donors (Lipinski definition) is 2. The Morgan fingerprint density at radius 1 is 1.23 bits per heavy atom. The summed E-state index contributed by atoms with van der Waals surface area (Å²) in [5, 5.41) is 3.01. The number of hydrogen-bond acceptors (Lipinski definition) is 3. The molecule has 1 amide bonds. The molecule has 0 saturated carbocycles. The van der Waals surface area contributed by atoms with Crippen LogP contribution in [0.15, 0.2) is 54.7 Å². The van der Waals surface area contributed by atoms with Crippen LogP contribution in [0.5, 0.6) is 0 Å². The molecule has 162 valence electrons. The largest absolute Gasteiger partial charge is 0.467 e. The highest BCUT2D eigenvalue weighted by Gasteiger charge is 2.33. The summed E-state index contributed by atoms with van der Waals surface area (Å²) in [6, 6.07) is 9.82. The molecule has 5 nitrogen and oxygen atoms in total. The van der Waals surface area contributed by atoms with Crippen LogP contribution in [-0.4, -0.2) is 30.0 Å². The number of H-pyrrole nitrogens is 1. The predicted molar refractivity (Wildman–Crippen MR) is 111 cm³/mol. The van der Waals surface area contributed by atoms with Crippen molar-refractivity contribution in [2.24, 2.45) is 0 Å². The molecule has 0 spiro atoms. The van der Waals surface area contributed by atoms with Crippen molar-refractivity contribution in [3.05, 3.63) is 76.5 Å². The van der Waals surface area contributed by atoms with Gasteiger partial charge in [-0.1, -0.05) is 35.9 Å². The van der Waals surface area contributed by atoms with Gasteiger partial charge in [0.15, 0.2) is 0 Å². The number of ether oxygens (including phenoxy) is 1. The lowest BCUT2D eigenvalue weighted by atomic mass is 10.0. The van der Waals surface area contributed by atoms with Gasteiger partial charge in [0, 0.05) is 29.6 Å². The molecule has 1 aromatic heterocycles. The van der Waals surface area contributed by atoms with Crippen LogP contribution in [0.3, 0.4) is 0 Å². The standard InChI is InChI=1S/C22H18ClF3N2O3/c1-31-21(30)19(11-14-12-27-18-5-3-2-4-15(14)18)28-20(29)9-7-13-6-8-17(23)16(10-13)22(24,25)26/h2-10,12,19,27H,11H2,1H3,(H,28,29)/b9-7+/t19-/m1/s1. The molecule has 0 aliphatic heterocycles. The second kappa shape index (κ2) is 9.26. The molecule has 0 unspecified atom stereocenters. The highest BCUT2D eigenvalue weighted by atomic mass is 35.5. The van der Waals surface area contributed by atoms with Crippen LogP contribution in [0.2, 0.25) is 5.02 Å². The van der Waals surface area contributed by atoms with Gasteiger partial charge in [-0.2, -0.15) is 13.2 Å². The second-order valence-electron chi connectivity index (χ2n) is 6.72. The van der Waals surface area contributed by atoms with Crippen LogP contribution in [0.25, 0.3) is 17.0 Å². The number of alkyl halides is 3. The maximum Gasteiger partial charge on any atom is 0.417 e. The van der Waals surface area contributed by atoms with E-state index in [4.69, 9.17) is 16.3 Å². The van der Waals surface area contributed by atoms with Crippen LogP contribution in [0.1, 0.15) is 16.7 Å². The monoisotopic (exact) mass is 450 g/mol. The van der Waals surface area contributed by atoms with E-state index in [0.29, 0.717) is 0 Å². The van der Waals surface area contributed by atoms with Gasteiger partial charge in [-0.25, -0.2) is 4.79 Å². The second-order valence-corrected chi connectivity index (χ2v) is 7.13. The van der Waals surface area contributed by atoms with Gasteiger partial charge < -0.3 is 15.0 Å². The zero-order chi connectivity index (χ0) is 22.6. The number of fused-ring (bicyclic) bond motifs is 1. The number of nitrogens with one attached hydrogen (secondary N) is 2. The first-order valence-electron chi connectivity index (χ1n) is 9.17. The number of carbonyl (C=O) groups is 2. The SMILES string of the molecule is COC(=O)[C@@H](Cc1c[nH]c2ccccc12)NC(=O)/C=C/c1ccc(Cl)c(C(F)(F)F)c1. The van der Waals surface area contributed by atoms with Gasteiger partial charge in [0.2, 0.25) is 5.91 Å². The Balaban J connectivity index is 1.75. The Kier molecular flexibility index (Phi) is 6.70. The fourth-order valence-corrected chi connectivity index (χ4v) is 3.34. The van der Waals surface area contributed by atoms with Crippen molar-refractivity contribution in [2.45, 2.75) is 18.6 Å². The molecule has 9 heteroatoms. The maximum absolute atomic E-state index is 13.0. The maximum atomic E-state index is 13.0. The summed E-state index contributed by atoms with van der Waals surface area (Å²) in [5.74, 6) is -1.29. The fraction of sp³-hybridized carbons (Fsp3) is 0.182. The summed E-state index contributed by atoms with van der Waals surface area (Å²) in [5.41, 5.74) is 0.833. The van der Waals surface area contributed by atoms with Gasteiger partial charge in [0.1, 0.15) is 6.04 Å². The summed E-state index contributed by atoms with van der Waals surface area (Å²) < 4.78 is 43.7. The van der Waals surface area contributed by atoms with E-state index in [1.807, 2.05) is 24.3 Å². The van der Waals surface area contributed by atoms with Crippen LogP contribution in [-0.2, 0) is 26.9 Å². The molecule has 0 saturated heterocycles. The van der Waals surface area contributed by atoms with Gasteiger partial charge in [-0.15, -0.1) is 0 Å². The van der Waals surface area contributed by atoms with Gasteiger partial charge in [-0.3, -0.25) is 4.79 Å². The normalized spacial score (nSPS) is 12.8. The van der Waals surface area contributed by atoms with Crippen LogP contribution in [0.4, 0.5) is 13.2 Å². The summed E-state index contributed by atoms with van der Waals surface area (Å²) >= 11 is 5.59. The first-order valence-corrected chi connectivity index (χ1v) is 9.55. The third-order valence-electron chi connectivity index (χ3n) is 4.62. The van der Waals surface area contributed by atoms with Gasteiger partial charge in [-0.05, 0) is 35.4 Å². The lowest BCUT2D eigenvalue weighted by molar-refractivity contribution is -0.144. The third kappa shape index (κ3) is 5.46. The number of halogens is 4. The third-order valence-corrected chi connectivity index (χ3v) is 4.95. The molecule has 0 aliphatic carbocycles. The van der Waals surface area contributed by atoms with E-state index >= 15 is 0 Å². The molecule has 2 aromatic carbocycles. The minimum Gasteiger partial charge on any atom is -0.467 e. The number of rotatable bonds is 6. The number of aromatic nitrogens is 1. The topological polar surface area (TPSA) is 71.2 Å². The van der Waals surface area contributed by atoms with Crippen molar-refractivity contribution in [2.75, 3.05) is 7.11 Å². The number of para-hydroxylation sites is 1. The minimum atomic E-state index is -4.61. The van der Waals surface area contributed by atoms with Crippen LogP contribution in [0, 0.1) is 0 Å². The van der Waals surface area contributed by atoms with Crippen molar-refractivity contribution in [3.8, 4) is 0 Å². The van der Waals surface area contributed by atoms with Gasteiger partial charge in [0.05, 0.1) is 17.7 Å². The van der Waals surface area contributed by atoms with E-state index in [-0.39, 0.29) is 12.0 Å². The Morgan fingerprint density at radius 3 is 2.68 bits per heavy atom. The zero-order valence-corrected chi connectivity index (χ0v) is 17.1. The number of methoxy groups -OCH3 is 1. The fourth-order valence-electron chi connectivity index (χ4n) is 3.11. The van der Waals surface area contributed by atoms with Gasteiger partial charge in [0.25, 0.3) is 0 Å². The van der Waals surface area contributed by atoms with E-state index in [2.05, 4.69) is 10.3 Å². The quantitative estimate of drug-likeness (QED) is 0.420. The molecule has 1 atom stereocenters. The highest BCUT2D eigenvalue weighted by Crippen LogP contribution is 2.35. The van der Waals surface area contributed by atoms with E-state index in [0.717, 1.165) is 34.7 Å². The number of carbonyl (C=O) groups excluding carboxylic acids is 2. The Bertz CT molecular complexity index is 1140. The highest BCUT2D eigenvalue weighted by molar-refractivity contribution is 6.31. The van der Waals surface area contributed by atoms with Crippen LogP contribution < -0.4 is 5.32 Å². The summed E-state index contributed by atoms with van der Waals surface area (Å²) in [4.78, 5) is 27.6. The molecule has 1 heterocycles. The van der Waals surface area contributed by atoms with E-state index in [9.17, 15) is 22.8 Å². The molecule has 0 aliphatic rings. The number of esters is 1. The summed E-state index contributed by atoms with van der Waals surface area (Å²) in [6.45, 7) is 0. The first-order chi connectivity index (χ1) is 14.7. The van der Waals surface area contributed by atoms with Crippen LogP contribution >= 0.6 is 11.6 Å². The Hall–Kier alpha value is -3.26. The molecular formula is C22H18ClF3N2O3. The molecule has 3 aromatic rings. The molecule has 0 fully saturated rings. The molecular weight excluding hydrogens is 433 g/mol. The molecule has 0 radical (unpaired) electrons. The molecule has 31 heavy (non-hydrogen) atoms.